The molecule has 1 aromatic rings. The molecule has 0 spiro atoms. The summed E-state index contributed by atoms with van der Waals surface area (Å²) in [5, 5.41) is 15.1. The zero-order valence-corrected chi connectivity index (χ0v) is 9.26. The molecule has 2 unspecified atom stereocenters. The summed E-state index contributed by atoms with van der Waals surface area (Å²) in [4.78, 5) is 22.7. The van der Waals surface area contributed by atoms with E-state index in [1.807, 2.05) is 0 Å². The maximum atomic E-state index is 11.8. The van der Waals surface area contributed by atoms with Crippen LogP contribution in [0.2, 0.25) is 0 Å². The summed E-state index contributed by atoms with van der Waals surface area (Å²) in [6.07, 6.45) is 3.93. The first-order chi connectivity index (χ1) is 8.16. The second-order valence-corrected chi connectivity index (χ2v) is 4.27. The van der Waals surface area contributed by atoms with Gasteiger partial charge in [0.05, 0.1) is 5.92 Å². The van der Waals surface area contributed by atoms with Crippen molar-refractivity contribution < 1.29 is 19.2 Å². The molecule has 1 aliphatic carbocycles. The minimum atomic E-state index is -0.816. The molecule has 2 N–H and O–H groups in total. The molecule has 1 aromatic heterocycles. The van der Waals surface area contributed by atoms with Crippen LogP contribution < -0.4 is 5.32 Å². The summed E-state index contributed by atoms with van der Waals surface area (Å²) in [7, 11) is 0. The lowest BCUT2D eigenvalue weighted by Crippen LogP contribution is -2.31. The minimum Gasteiger partial charge on any atom is -0.481 e. The van der Waals surface area contributed by atoms with Crippen molar-refractivity contribution in [2.45, 2.75) is 25.7 Å². The first-order valence-corrected chi connectivity index (χ1v) is 5.61. The number of aliphatic carboxylic acids is 1. The summed E-state index contributed by atoms with van der Waals surface area (Å²) in [5.41, 5.74) is 0. The van der Waals surface area contributed by atoms with E-state index in [0.717, 1.165) is 12.8 Å². The predicted molar refractivity (Wildman–Crippen MR) is 58.2 cm³/mol. The van der Waals surface area contributed by atoms with E-state index >= 15 is 0 Å². The highest BCUT2D eigenvalue weighted by Crippen LogP contribution is 2.29. The highest BCUT2D eigenvalue weighted by molar-refractivity contribution is 5.92. The van der Waals surface area contributed by atoms with Crippen molar-refractivity contribution >= 4 is 17.7 Å². The molecule has 0 radical (unpaired) electrons. The topological polar surface area (TPSA) is 92.4 Å². The first-order valence-electron chi connectivity index (χ1n) is 5.61. The Morgan fingerprint density at radius 1 is 1.41 bits per heavy atom. The number of hydrogen-bond donors (Lipinski definition) is 2. The second kappa shape index (κ2) is 4.99. The highest BCUT2D eigenvalue weighted by atomic mass is 16.5. The molecule has 6 nitrogen and oxygen atoms in total. The average molecular weight is 238 g/mol. The van der Waals surface area contributed by atoms with E-state index in [1.165, 1.54) is 6.26 Å². The Kier molecular flexibility index (Phi) is 3.41. The molecule has 92 valence electrons. The van der Waals surface area contributed by atoms with E-state index in [4.69, 9.17) is 5.11 Å². The van der Waals surface area contributed by atoms with Crippen LogP contribution >= 0.6 is 0 Å². The summed E-state index contributed by atoms with van der Waals surface area (Å²) >= 11 is 0. The number of nitrogens with one attached hydrogen (secondary N) is 1. The molecule has 1 fully saturated rings. The van der Waals surface area contributed by atoms with Crippen LogP contribution in [-0.2, 0) is 9.59 Å². The Hall–Kier alpha value is -1.85. The van der Waals surface area contributed by atoms with Gasteiger partial charge in [0.25, 0.3) is 0 Å². The van der Waals surface area contributed by atoms with Gasteiger partial charge in [0, 0.05) is 12.0 Å². The Bertz CT molecular complexity index is 402. The van der Waals surface area contributed by atoms with Gasteiger partial charge < -0.3 is 14.9 Å². The number of carbonyl (C=O) groups excluding carboxylic acids is 1. The van der Waals surface area contributed by atoms with E-state index in [1.54, 1.807) is 6.07 Å². The Labute approximate surface area is 98.0 Å². The molecular weight excluding hydrogens is 224 g/mol. The zero-order chi connectivity index (χ0) is 12.3. The van der Waals surface area contributed by atoms with Gasteiger partial charge >= 0.3 is 5.97 Å². The van der Waals surface area contributed by atoms with Crippen molar-refractivity contribution in [3.63, 3.8) is 0 Å². The molecule has 6 heteroatoms. The number of rotatable bonds is 3. The van der Waals surface area contributed by atoms with E-state index in [0.29, 0.717) is 18.7 Å². The Balaban J connectivity index is 1.93. The number of carboxylic acid groups (broad SMARTS) is 1. The van der Waals surface area contributed by atoms with Crippen molar-refractivity contribution in [1.29, 1.82) is 0 Å². The number of carbonyl (C=O) groups is 2. The SMILES string of the molecule is O=C(O)C1CCCC(C(=O)Nc2ccon2)C1. The van der Waals surface area contributed by atoms with Crippen LogP contribution in [0.15, 0.2) is 16.9 Å². The molecule has 2 rings (SSSR count). The van der Waals surface area contributed by atoms with E-state index in [-0.39, 0.29) is 11.8 Å². The van der Waals surface area contributed by atoms with E-state index < -0.39 is 11.9 Å². The molecule has 0 aromatic carbocycles. The maximum Gasteiger partial charge on any atom is 0.306 e. The lowest BCUT2D eigenvalue weighted by molar-refractivity contribution is -0.143. The second-order valence-electron chi connectivity index (χ2n) is 4.27. The van der Waals surface area contributed by atoms with Gasteiger partial charge in [-0.3, -0.25) is 9.59 Å². The Morgan fingerprint density at radius 2 is 2.18 bits per heavy atom. The summed E-state index contributed by atoms with van der Waals surface area (Å²) in [6, 6.07) is 1.55. The molecule has 1 aliphatic rings. The van der Waals surface area contributed by atoms with E-state index in [9.17, 15) is 9.59 Å². The first kappa shape index (κ1) is 11.6. The number of carboxylic acids is 1. The van der Waals surface area contributed by atoms with Gasteiger partial charge in [-0.15, -0.1) is 0 Å². The van der Waals surface area contributed by atoms with Crippen LogP contribution in [0.25, 0.3) is 0 Å². The molecule has 0 saturated heterocycles. The zero-order valence-electron chi connectivity index (χ0n) is 9.26. The fourth-order valence-electron chi connectivity index (χ4n) is 2.16. The van der Waals surface area contributed by atoms with Crippen molar-refractivity contribution in [2.24, 2.45) is 11.8 Å². The standard InChI is InChI=1S/C11H14N2O4/c14-10(12-9-4-5-17-13-9)7-2-1-3-8(6-7)11(15)16/h4-5,7-8H,1-3,6H2,(H,15,16)(H,12,13,14). The third-order valence-electron chi connectivity index (χ3n) is 3.08. The third kappa shape index (κ3) is 2.83. The van der Waals surface area contributed by atoms with Gasteiger partial charge in [0.15, 0.2) is 5.82 Å². The fraction of sp³-hybridized carbons (Fsp3) is 0.545. The van der Waals surface area contributed by atoms with Gasteiger partial charge in [-0.05, 0) is 19.3 Å². The van der Waals surface area contributed by atoms with Crippen LogP contribution in [-0.4, -0.2) is 22.1 Å². The van der Waals surface area contributed by atoms with Crippen LogP contribution in [0, 0.1) is 11.8 Å². The fourth-order valence-corrected chi connectivity index (χ4v) is 2.16. The lowest BCUT2D eigenvalue weighted by atomic mass is 9.81. The van der Waals surface area contributed by atoms with Crippen LogP contribution in [0.1, 0.15) is 25.7 Å². The van der Waals surface area contributed by atoms with Crippen molar-refractivity contribution in [3.05, 3.63) is 12.3 Å². The third-order valence-corrected chi connectivity index (χ3v) is 3.08. The van der Waals surface area contributed by atoms with Gasteiger partial charge in [0.1, 0.15) is 6.26 Å². The molecule has 2 atom stereocenters. The number of nitrogens with zero attached hydrogens (tertiary/aromatic N) is 1. The van der Waals surface area contributed by atoms with Crippen molar-refractivity contribution in [3.8, 4) is 0 Å². The lowest BCUT2D eigenvalue weighted by Gasteiger charge is -2.25. The van der Waals surface area contributed by atoms with Crippen LogP contribution in [0.3, 0.4) is 0 Å². The number of amides is 1. The van der Waals surface area contributed by atoms with Crippen LogP contribution in [0.4, 0.5) is 5.82 Å². The maximum absolute atomic E-state index is 11.8. The molecule has 17 heavy (non-hydrogen) atoms. The quantitative estimate of drug-likeness (QED) is 0.832. The van der Waals surface area contributed by atoms with Gasteiger partial charge in [-0.2, -0.15) is 0 Å². The average Bonchev–Trinajstić information content (AvgIpc) is 2.82. The molecular formula is C11H14N2O4. The van der Waals surface area contributed by atoms with Crippen molar-refractivity contribution in [2.75, 3.05) is 5.32 Å². The molecule has 0 bridgehead atoms. The number of aromatic nitrogens is 1. The van der Waals surface area contributed by atoms with Crippen LogP contribution in [0.5, 0.6) is 0 Å². The number of anilines is 1. The van der Waals surface area contributed by atoms with Gasteiger partial charge in [0.2, 0.25) is 5.91 Å². The largest absolute Gasteiger partial charge is 0.481 e. The summed E-state index contributed by atoms with van der Waals surface area (Å²) in [5.74, 6) is -1.28. The molecule has 1 amide bonds. The molecule has 1 saturated carbocycles. The summed E-state index contributed by atoms with van der Waals surface area (Å²) in [6.45, 7) is 0. The monoisotopic (exact) mass is 238 g/mol. The smallest absolute Gasteiger partial charge is 0.306 e. The normalized spacial score (nSPS) is 24.2. The van der Waals surface area contributed by atoms with Crippen molar-refractivity contribution in [1.82, 2.24) is 5.16 Å². The molecule has 1 heterocycles. The molecule has 0 aliphatic heterocycles. The van der Waals surface area contributed by atoms with Gasteiger partial charge in [-0.25, -0.2) is 0 Å². The van der Waals surface area contributed by atoms with Gasteiger partial charge in [-0.1, -0.05) is 11.6 Å². The van der Waals surface area contributed by atoms with E-state index in [2.05, 4.69) is 15.0 Å². The summed E-state index contributed by atoms with van der Waals surface area (Å²) < 4.78 is 4.60. The predicted octanol–water partition coefficient (Wildman–Crippen LogP) is 1.50. The Morgan fingerprint density at radius 3 is 2.82 bits per heavy atom. The highest BCUT2D eigenvalue weighted by Gasteiger charge is 2.31. The minimum absolute atomic E-state index is 0.176. The number of hydrogen-bond acceptors (Lipinski definition) is 4.